The third kappa shape index (κ3) is 5.12. The van der Waals surface area contributed by atoms with Crippen molar-refractivity contribution in [2.24, 2.45) is 35.5 Å². The molecule has 24 heavy (non-hydrogen) atoms. The lowest BCUT2D eigenvalue weighted by Crippen LogP contribution is -2.29. The molecular formula is C24H42. The second kappa shape index (κ2) is 9.44. The normalized spacial score (nSPS) is 41.6. The summed E-state index contributed by atoms with van der Waals surface area (Å²) in [5, 5.41) is 0. The molecule has 0 amide bonds. The summed E-state index contributed by atoms with van der Waals surface area (Å²) in [6.07, 6.45) is 25.9. The van der Waals surface area contributed by atoms with Gasteiger partial charge in [0.05, 0.1) is 0 Å². The highest BCUT2D eigenvalue weighted by Gasteiger charge is 2.34. The largest absolute Gasteiger partial charge is 0.0917 e. The van der Waals surface area contributed by atoms with Crippen LogP contribution in [0.15, 0.2) is 12.2 Å². The van der Waals surface area contributed by atoms with Crippen LogP contribution in [0.5, 0.6) is 0 Å². The summed E-state index contributed by atoms with van der Waals surface area (Å²) in [5.41, 5.74) is 0. The highest BCUT2D eigenvalue weighted by molar-refractivity contribution is 4.86. The van der Waals surface area contributed by atoms with Crippen LogP contribution in [-0.4, -0.2) is 0 Å². The first-order valence-corrected chi connectivity index (χ1v) is 11.4. The summed E-state index contributed by atoms with van der Waals surface area (Å²) >= 11 is 0. The van der Waals surface area contributed by atoms with Gasteiger partial charge in [-0.15, -0.1) is 0 Å². The van der Waals surface area contributed by atoms with Crippen LogP contribution in [-0.2, 0) is 0 Å². The van der Waals surface area contributed by atoms with Crippen LogP contribution < -0.4 is 0 Å². The van der Waals surface area contributed by atoms with Gasteiger partial charge in [-0.2, -0.15) is 0 Å². The van der Waals surface area contributed by atoms with Gasteiger partial charge in [0.2, 0.25) is 0 Å². The molecule has 0 unspecified atom stereocenters. The Morgan fingerprint density at radius 1 is 0.625 bits per heavy atom. The zero-order chi connectivity index (χ0) is 16.8. The molecule has 0 heterocycles. The maximum Gasteiger partial charge on any atom is -0.0348 e. The third-order valence-electron chi connectivity index (χ3n) is 8.08. The molecule has 3 aliphatic carbocycles. The molecule has 0 saturated heterocycles. The van der Waals surface area contributed by atoms with Crippen LogP contribution in [0.25, 0.3) is 0 Å². The van der Waals surface area contributed by atoms with Crippen LogP contribution in [0.4, 0.5) is 0 Å². The molecule has 0 atom stereocenters. The second-order valence-corrected chi connectivity index (χ2v) is 9.62. The molecule has 0 aromatic heterocycles. The molecule has 0 aromatic carbocycles. The molecule has 138 valence electrons. The van der Waals surface area contributed by atoms with Crippen molar-refractivity contribution in [3.05, 3.63) is 12.2 Å². The van der Waals surface area contributed by atoms with Gasteiger partial charge in [0.25, 0.3) is 0 Å². The molecule has 3 saturated carbocycles. The second-order valence-electron chi connectivity index (χ2n) is 9.62. The zero-order valence-corrected chi connectivity index (χ0v) is 16.5. The Labute approximate surface area is 151 Å². The fourth-order valence-electron chi connectivity index (χ4n) is 6.29. The number of rotatable bonds is 5. The maximum atomic E-state index is 2.46. The third-order valence-corrected chi connectivity index (χ3v) is 8.08. The summed E-state index contributed by atoms with van der Waals surface area (Å²) < 4.78 is 0. The molecule has 0 radical (unpaired) electrons. The van der Waals surface area contributed by atoms with Crippen molar-refractivity contribution in [1.82, 2.24) is 0 Å². The molecule has 0 aliphatic heterocycles. The minimum Gasteiger partial charge on any atom is -0.0917 e. The van der Waals surface area contributed by atoms with Gasteiger partial charge in [-0.25, -0.2) is 0 Å². The van der Waals surface area contributed by atoms with E-state index in [-0.39, 0.29) is 0 Å². The zero-order valence-electron chi connectivity index (χ0n) is 16.5. The Balaban J connectivity index is 1.35. The predicted octanol–water partition coefficient (Wildman–Crippen LogP) is 7.78. The van der Waals surface area contributed by atoms with Crippen LogP contribution in [0.1, 0.15) is 104 Å². The SMILES string of the molecule is C/C=C/CCC1CCC(C2CCC(C3CCC(C)CC3)CC2)CC1. The first kappa shape index (κ1) is 18.5. The van der Waals surface area contributed by atoms with Gasteiger partial charge in [-0.05, 0) is 107 Å². The van der Waals surface area contributed by atoms with Crippen LogP contribution in [0.2, 0.25) is 0 Å². The summed E-state index contributed by atoms with van der Waals surface area (Å²) in [6, 6.07) is 0. The summed E-state index contributed by atoms with van der Waals surface area (Å²) in [7, 11) is 0. The van der Waals surface area contributed by atoms with Crippen molar-refractivity contribution in [2.75, 3.05) is 0 Å². The van der Waals surface area contributed by atoms with Gasteiger partial charge in [0.1, 0.15) is 0 Å². The van der Waals surface area contributed by atoms with Gasteiger partial charge in [0, 0.05) is 0 Å². The van der Waals surface area contributed by atoms with Gasteiger partial charge in [0.15, 0.2) is 0 Å². The highest BCUT2D eigenvalue weighted by Crippen LogP contribution is 2.46. The van der Waals surface area contributed by atoms with Crippen molar-refractivity contribution in [2.45, 2.75) is 104 Å². The molecule has 0 heteroatoms. The molecule has 0 spiro atoms. The lowest BCUT2D eigenvalue weighted by atomic mass is 9.65. The van der Waals surface area contributed by atoms with Gasteiger partial charge in [-0.3, -0.25) is 0 Å². The summed E-state index contributed by atoms with van der Waals surface area (Å²) in [6.45, 7) is 4.61. The van der Waals surface area contributed by atoms with Gasteiger partial charge in [-0.1, -0.05) is 44.8 Å². The Bertz CT molecular complexity index is 357. The smallest absolute Gasteiger partial charge is 0.0348 e. The number of hydrogen-bond acceptors (Lipinski definition) is 0. The average Bonchev–Trinajstić information content (AvgIpc) is 2.63. The Hall–Kier alpha value is -0.260. The monoisotopic (exact) mass is 330 g/mol. The molecule has 3 aliphatic rings. The summed E-state index contributed by atoms with van der Waals surface area (Å²) in [5.74, 6) is 6.45. The Morgan fingerprint density at radius 2 is 1.04 bits per heavy atom. The molecule has 0 N–H and O–H groups in total. The lowest BCUT2D eigenvalue weighted by Gasteiger charge is -2.41. The standard InChI is InChI=1S/C24H42/c1-3-4-5-6-20-9-13-22(14-10-20)24-17-15-23(16-18-24)21-11-7-19(2)8-12-21/h3-4,19-24H,5-18H2,1-2H3/b4-3+. The fraction of sp³-hybridized carbons (Fsp3) is 0.917. The van der Waals surface area contributed by atoms with Crippen LogP contribution in [0.3, 0.4) is 0 Å². The van der Waals surface area contributed by atoms with Crippen molar-refractivity contribution in [1.29, 1.82) is 0 Å². The average molecular weight is 331 g/mol. The molecule has 0 bridgehead atoms. The maximum absolute atomic E-state index is 2.46. The van der Waals surface area contributed by atoms with Crippen molar-refractivity contribution in [3.8, 4) is 0 Å². The molecule has 0 aromatic rings. The number of allylic oxidation sites excluding steroid dienone is 2. The first-order valence-electron chi connectivity index (χ1n) is 11.4. The van der Waals surface area contributed by atoms with E-state index in [0.29, 0.717) is 0 Å². The van der Waals surface area contributed by atoms with Crippen molar-refractivity contribution >= 4 is 0 Å². The van der Waals surface area contributed by atoms with Crippen molar-refractivity contribution in [3.63, 3.8) is 0 Å². The van der Waals surface area contributed by atoms with E-state index in [1.165, 1.54) is 38.5 Å². The molecule has 3 fully saturated rings. The van der Waals surface area contributed by atoms with Crippen molar-refractivity contribution < 1.29 is 0 Å². The van der Waals surface area contributed by atoms with Crippen LogP contribution >= 0.6 is 0 Å². The van der Waals surface area contributed by atoms with Gasteiger partial charge >= 0.3 is 0 Å². The Morgan fingerprint density at radius 3 is 1.50 bits per heavy atom. The van der Waals surface area contributed by atoms with E-state index in [4.69, 9.17) is 0 Å². The van der Waals surface area contributed by atoms with Crippen LogP contribution in [0, 0.1) is 35.5 Å². The molecule has 0 nitrogen and oxygen atoms in total. The first-order chi connectivity index (χ1) is 11.8. The van der Waals surface area contributed by atoms with E-state index in [2.05, 4.69) is 26.0 Å². The topological polar surface area (TPSA) is 0 Å². The van der Waals surface area contributed by atoms with E-state index in [9.17, 15) is 0 Å². The van der Waals surface area contributed by atoms with E-state index < -0.39 is 0 Å². The summed E-state index contributed by atoms with van der Waals surface area (Å²) in [4.78, 5) is 0. The van der Waals surface area contributed by atoms with Gasteiger partial charge < -0.3 is 0 Å². The van der Waals surface area contributed by atoms with E-state index in [1.54, 1.807) is 51.4 Å². The minimum absolute atomic E-state index is 1.01. The van der Waals surface area contributed by atoms with E-state index >= 15 is 0 Å². The lowest BCUT2D eigenvalue weighted by molar-refractivity contribution is 0.105. The van der Waals surface area contributed by atoms with E-state index in [0.717, 1.165) is 35.5 Å². The predicted molar refractivity (Wildman–Crippen MR) is 106 cm³/mol. The minimum atomic E-state index is 1.01. The Kier molecular flexibility index (Phi) is 7.29. The quantitative estimate of drug-likeness (QED) is 0.451. The fourth-order valence-corrected chi connectivity index (χ4v) is 6.29. The molecular weight excluding hydrogens is 288 g/mol. The van der Waals surface area contributed by atoms with E-state index in [1.807, 2.05) is 0 Å². The number of hydrogen-bond donors (Lipinski definition) is 0. The highest BCUT2D eigenvalue weighted by atomic mass is 14.4. The molecule has 3 rings (SSSR count).